The second-order valence-corrected chi connectivity index (χ2v) is 2.79. The predicted octanol–water partition coefficient (Wildman–Crippen LogP) is 0.724. The normalized spacial score (nSPS) is 9.40. The Bertz CT molecular complexity index is 435. The number of benzene rings is 1. The van der Waals surface area contributed by atoms with Crippen LogP contribution in [0.15, 0.2) is 12.1 Å². The molecule has 0 aromatic heterocycles. The molecule has 0 heterocycles. The Balaban J connectivity index is 3.50. The van der Waals surface area contributed by atoms with Crippen LogP contribution in [0.1, 0.15) is 21.5 Å². The van der Waals surface area contributed by atoms with Gasteiger partial charge < -0.3 is 15.6 Å². The number of methoxy groups -OCH3 is 1. The number of carbonyl (C=O) groups is 1. The summed E-state index contributed by atoms with van der Waals surface area (Å²) in [5.74, 6) is -0.719. The van der Waals surface area contributed by atoms with E-state index in [0.717, 1.165) is 0 Å². The highest BCUT2D eigenvalue weighted by Crippen LogP contribution is 2.24. The first kappa shape index (κ1) is 11.0. The van der Waals surface area contributed by atoms with Crippen molar-refractivity contribution in [2.75, 3.05) is 7.11 Å². The van der Waals surface area contributed by atoms with E-state index >= 15 is 0 Å². The van der Waals surface area contributed by atoms with Crippen molar-refractivity contribution in [2.24, 2.45) is 5.73 Å². The summed E-state index contributed by atoms with van der Waals surface area (Å²) in [5, 5.41) is 17.7. The first-order chi connectivity index (χ1) is 7.15. The van der Waals surface area contributed by atoms with Crippen molar-refractivity contribution in [3.8, 4) is 11.8 Å². The first-order valence-corrected chi connectivity index (χ1v) is 4.19. The number of aromatic carboxylic acids is 1. The molecule has 1 aromatic carbocycles. The van der Waals surface area contributed by atoms with Crippen LogP contribution in [-0.4, -0.2) is 18.2 Å². The molecule has 0 aliphatic heterocycles. The third kappa shape index (κ3) is 1.90. The molecule has 0 saturated carbocycles. The molecule has 5 nitrogen and oxygen atoms in total. The fraction of sp³-hybridized carbons (Fsp3) is 0.200. The van der Waals surface area contributed by atoms with Crippen molar-refractivity contribution < 1.29 is 14.6 Å². The number of ether oxygens (including phenoxy) is 1. The van der Waals surface area contributed by atoms with Gasteiger partial charge in [-0.05, 0) is 12.1 Å². The lowest BCUT2D eigenvalue weighted by Crippen LogP contribution is -2.08. The highest BCUT2D eigenvalue weighted by atomic mass is 16.5. The highest BCUT2D eigenvalue weighted by molar-refractivity contribution is 5.91. The summed E-state index contributed by atoms with van der Waals surface area (Å²) in [4.78, 5) is 10.8. The number of carboxylic acid groups (broad SMARTS) is 1. The molecule has 1 aromatic rings. The lowest BCUT2D eigenvalue weighted by atomic mass is 10.0. The van der Waals surface area contributed by atoms with E-state index in [1.165, 1.54) is 19.2 Å². The maximum absolute atomic E-state index is 10.8. The average molecular weight is 206 g/mol. The van der Waals surface area contributed by atoms with Gasteiger partial charge in [0.2, 0.25) is 0 Å². The zero-order valence-corrected chi connectivity index (χ0v) is 8.15. The molecule has 15 heavy (non-hydrogen) atoms. The molecule has 0 fully saturated rings. The van der Waals surface area contributed by atoms with Gasteiger partial charge in [0.15, 0.2) is 0 Å². The van der Waals surface area contributed by atoms with Crippen molar-refractivity contribution in [2.45, 2.75) is 6.54 Å². The summed E-state index contributed by atoms with van der Waals surface area (Å²) in [6.07, 6.45) is 0. The van der Waals surface area contributed by atoms with Gasteiger partial charge in [-0.1, -0.05) is 0 Å². The third-order valence-electron chi connectivity index (χ3n) is 2.04. The molecule has 3 N–H and O–H groups in total. The molecular weight excluding hydrogens is 196 g/mol. The predicted molar refractivity (Wildman–Crippen MR) is 52.6 cm³/mol. The van der Waals surface area contributed by atoms with Crippen LogP contribution in [0.3, 0.4) is 0 Å². The fourth-order valence-electron chi connectivity index (χ4n) is 1.33. The molecule has 1 rings (SSSR count). The molecule has 0 spiro atoms. The van der Waals surface area contributed by atoms with E-state index in [2.05, 4.69) is 0 Å². The van der Waals surface area contributed by atoms with Gasteiger partial charge in [-0.2, -0.15) is 5.26 Å². The molecule has 78 valence electrons. The molecule has 0 saturated heterocycles. The number of carboxylic acids is 1. The summed E-state index contributed by atoms with van der Waals surface area (Å²) in [5.41, 5.74) is 5.87. The Labute approximate surface area is 86.7 Å². The SMILES string of the molecule is COc1ccc(C(=O)O)c(C#N)c1CN. The fourth-order valence-corrected chi connectivity index (χ4v) is 1.33. The number of nitriles is 1. The van der Waals surface area contributed by atoms with Crippen LogP contribution < -0.4 is 10.5 Å². The van der Waals surface area contributed by atoms with Gasteiger partial charge in [-0.15, -0.1) is 0 Å². The van der Waals surface area contributed by atoms with E-state index in [1.54, 1.807) is 0 Å². The van der Waals surface area contributed by atoms with Crippen LogP contribution in [0.25, 0.3) is 0 Å². The van der Waals surface area contributed by atoms with Gasteiger partial charge in [-0.25, -0.2) is 4.79 Å². The lowest BCUT2D eigenvalue weighted by Gasteiger charge is -2.09. The zero-order chi connectivity index (χ0) is 11.4. The van der Waals surface area contributed by atoms with Gasteiger partial charge in [0.1, 0.15) is 11.8 Å². The molecule has 0 radical (unpaired) electrons. The Morgan fingerprint density at radius 3 is 2.73 bits per heavy atom. The quantitative estimate of drug-likeness (QED) is 0.759. The van der Waals surface area contributed by atoms with E-state index in [-0.39, 0.29) is 17.7 Å². The molecule has 0 atom stereocenters. The molecular formula is C10H10N2O3. The summed E-state index contributed by atoms with van der Waals surface area (Å²) in [7, 11) is 1.44. The molecule has 0 aliphatic rings. The Morgan fingerprint density at radius 1 is 1.67 bits per heavy atom. The van der Waals surface area contributed by atoms with E-state index in [4.69, 9.17) is 20.8 Å². The third-order valence-corrected chi connectivity index (χ3v) is 2.04. The molecule has 0 amide bonds. The van der Waals surface area contributed by atoms with Crippen LogP contribution in [-0.2, 0) is 6.54 Å². The van der Waals surface area contributed by atoms with Crippen molar-refractivity contribution in [3.05, 3.63) is 28.8 Å². The maximum Gasteiger partial charge on any atom is 0.337 e. The molecule has 0 bridgehead atoms. The minimum absolute atomic E-state index is 0.0567. The first-order valence-electron chi connectivity index (χ1n) is 4.19. The van der Waals surface area contributed by atoms with Crippen LogP contribution in [0.4, 0.5) is 0 Å². The van der Waals surface area contributed by atoms with Crippen molar-refractivity contribution in [1.29, 1.82) is 5.26 Å². The monoisotopic (exact) mass is 206 g/mol. The van der Waals surface area contributed by atoms with Gasteiger partial charge in [-0.3, -0.25) is 0 Å². The Hall–Kier alpha value is -2.06. The number of rotatable bonds is 3. The van der Waals surface area contributed by atoms with Gasteiger partial charge in [0.05, 0.1) is 18.2 Å². The summed E-state index contributed by atoms with van der Waals surface area (Å²) in [6, 6.07) is 4.66. The van der Waals surface area contributed by atoms with Crippen molar-refractivity contribution in [3.63, 3.8) is 0 Å². The Morgan fingerprint density at radius 2 is 2.33 bits per heavy atom. The topological polar surface area (TPSA) is 96.3 Å². The standard InChI is InChI=1S/C10H10N2O3/c1-15-9-3-2-6(10(13)14)7(4-11)8(9)5-12/h2-3H,5,12H2,1H3,(H,13,14). The number of hydrogen-bond acceptors (Lipinski definition) is 4. The zero-order valence-electron chi connectivity index (χ0n) is 8.15. The van der Waals surface area contributed by atoms with E-state index in [9.17, 15) is 4.79 Å². The summed E-state index contributed by atoms with van der Waals surface area (Å²) < 4.78 is 4.99. The molecule has 0 aliphatic carbocycles. The number of nitrogens with zero attached hydrogens (tertiary/aromatic N) is 1. The second kappa shape index (κ2) is 4.44. The van der Waals surface area contributed by atoms with Gasteiger partial charge in [0.25, 0.3) is 0 Å². The number of nitrogens with two attached hydrogens (primary N) is 1. The van der Waals surface area contributed by atoms with Crippen LogP contribution >= 0.6 is 0 Å². The average Bonchev–Trinajstić information content (AvgIpc) is 2.26. The molecule has 5 heteroatoms. The van der Waals surface area contributed by atoms with Crippen LogP contribution in [0.5, 0.6) is 5.75 Å². The van der Waals surface area contributed by atoms with E-state index < -0.39 is 5.97 Å². The van der Waals surface area contributed by atoms with E-state index in [1.807, 2.05) is 6.07 Å². The minimum Gasteiger partial charge on any atom is -0.496 e. The minimum atomic E-state index is -1.15. The van der Waals surface area contributed by atoms with Crippen LogP contribution in [0.2, 0.25) is 0 Å². The van der Waals surface area contributed by atoms with E-state index in [0.29, 0.717) is 11.3 Å². The lowest BCUT2D eigenvalue weighted by molar-refractivity contribution is 0.0696. The smallest absolute Gasteiger partial charge is 0.337 e. The van der Waals surface area contributed by atoms with Gasteiger partial charge in [0, 0.05) is 12.1 Å². The van der Waals surface area contributed by atoms with Crippen molar-refractivity contribution >= 4 is 5.97 Å². The highest BCUT2D eigenvalue weighted by Gasteiger charge is 2.16. The maximum atomic E-state index is 10.8. The summed E-state index contributed by atoms with van der Waals surface area (Å²) >= 11 is 0. The molecule has 0 unspecified atom stereocenters. The van der Waals surface area contributed by atoms with Crippen molar-refractivity contribution in [1.82, 2.24) is 0 Å². The Kier molecular flexibility index (Phi) is 3.26. The van der Waals surface area contributed by atoms with Crippen LogP contribution in [0, 0.1) is 11.3 Å². The second-order valence-electron chi connectivity index (χ2n) is 2.79. The number of hydrogen-bond donors (Lipinski definition) is 2. The largest absolute Gasteiger partial charge is 0.496 e. The summed E-state index contributed by atoms with van der Waals surface area (Å²) in [6.45, 7) is 0.0627. The van der Waals surface area contributed by atoms with Gasteiger partial charge >= 0.3 is 5.97 Å².